The molecule has 1 unspecified atom stereocenters. The summed E-state index contributed by atoms with van der Waals surface area (Å²) in [5.41, 5.74) is 2.39. The molecule has 19 heavy (non-hydrogen) atoms. The Bertz CT molecular complexity index is 590. The van der Waals surface area contributed by atoms with Gasteiger partial charge in [-0.1, -0.05) is 53.2 Å². The normalized spacial score (nSPS) is 12.8. The van der Waals surface area contributed by atoms with Crippen LogP contribution < -0.4 is 0 Å². The highest BCUT2D eigenvalue weighted by Gasteiger charge is 2.04. The third-order valence-electron chi connectivity index (χ3n) is 2.94. The smallest absolute Gasteiger partial charge is 0.128 e. The summed E-state index contributed by atoms with van der Waals surface area (Å²) in [6.07, 6.45) is 4.29. The standard InChI is InChI=1S/C16H14BrIO/c1-11(13-6-9-16(19)15(18)10-13)2-3-12-4-7-14(17)8-5-12/h2-11,19H,1H3/b3-2+. The van der Waals surface area contributed by atoms with E-state index in [2.05, 4.69) is 69.7 Å². The second kappa shape index (κ2) is 6.57. The maximum Gasteiger partial charge on any atom is 0.128 e. The summed E-state index contributed by atoms with van der Waals surface area (Å²) < 4.78 is 1.98. The molecule has 0 fully saturated rings. The van der Waals surface area contributed by atoms with Crippen molar-refractivity contribution in [3.63, 3.8) is 0 Å². The lowest BCUT2D eigenvalue weighted by molar-refractivity contribution is 0.471. The largest absolute Gasteiger partial charge is 0.507 e. The summed E-state index contributed by atoms with van der Waals surface area (Å²) in [6.45, 7) is 2.15. The summed E-state index contributed by atoms with van der Waals surface area (Å²) in [7, 11) is 0. The van der Waals surface area contributed by atoms with Crippen molar-refractivity contribution >= 4 is 44.6 Å². The molecule has 1 N–H and O–H groups in total. The Morgan fingerprint density at radius 2 is 1.84 bits per heavy atom. The first-order chi connectivity index (χ1) is 9.06. The average Bonchev–Trinajstić information content (AvgIpc) is 2.41. The van der Waals surface area contributed by atoms with E-state index in [-0.39, 0.29) is 0 Å². The van der Waals surface area contributed by atoms with E-state index in [0.717, 1.165) is 8.04 Å². The van der Waals surface area contributed by atoms with Crippen LogP contribution in [0.25, 0.3) is 6.08 Å². The second-order valence-electron chi connectivity index (χ2n) is 4.41. The zero-order valence-corrected chi connectivity index (χ0v) is 14.2. The third-order valence-corrected chi connectivity index (χ3v) is 4.34. The molecule has 0 bridgehead atoms. The molecule has 0 heterocycles. The molecule has 0 saturated heterocycles. The maximum absolute atomic E-state index is 9.53. The van der Waals surface area contributed by atoms with Gasteiger partial charge in [0.25, 0.3) is 0 Å². The Morgan fingerprint density at radius 3 is 2.47 bits per heavy atom. The monoisotopic (exact) mass is 428 g/mol. The van der Waals surface area contributed by atoms with Gasteiger partial charge in [-0.15, -0.1) is 0 Å². The van der Waals surface area contributed by atoms with Crippen molar-refractivity contribution in [1.29, 1.82) is 0 Å². The molecule has 0 saturated carbocycles. The van der Waals surface area contributed by atoms with E-state index in [9.17, 15) is 5.11 Å². The molecule has 0 aliphatic heterocycles. The van der Waals surface area contributed by atoms with Gasteiger partial charge in [0, 0.05) is 4.47 Å². The fourth-order valence-electron chi connectivity index (χ4n) is 1.75. The number of phenols is 1. The van der Waals surface area contributed by atoms with Crippen molar-refractivity contribution in [2.75, 3.05) is 0 Å². The second-order valence-corrected chi connectivity index (χ2v) is 6.49. The number of hydrogen-bond acceptors (Lipinski definition) is 1. The molecule has 98 valence electrons. The Morgan fingerprint density at radius 1 is 1.16 bits per heavy atom. The van der Waals surface area contributed by atoms with Gasteiger partial charge in [0.1, 0.15) is 5.75 Å². The summed E-state index contributed by atoms with van der Waals surface area (Å²) in [6, 6.07) is 14.0. The number of phenolic OH excluding ortho intramolecular Hbond substituents is 1. The quantitative estimate of drug-likeness (QED) is 0.633. The molecule has 0 aromatic heterocycles. The van der Waals surface area contributed by atoms with Crippen LogP contribution in [0.4, 0.5) is 0 Å². The molecule has 0 aliphatic carbocycles. The van der Waals surface area contributed by atoms with Gasteiger partial charge in [0.15, 0.2) is 0 Å². The number of halogens is 2. The lowest BCUT2D eigenvalue weighted by Crippen LogP contribution is -1.90. The van der Waals surface area contributed by atoms with E-state index in [4.69, 9.17) is 0 Å². The zero-order valence-electron chi connectivity index (χ0n) is 10.5. The molecule has 0 amide bonds. The van der Waals surface area contributed by atoms with Crippen molar-refractivity contribution in [2.45, 2.75) is 12.8 Å². The van der Waals surface area contributed by atoms with Crippen LogP contribution in [0.5, 0.6) is 5.75 Å². The Balaban J connectivity index is 2.13. The first kappa shape index (κ1) is 14.6. The molecule has 3 heteroatoms. The van der Waals surface area contributed by atoms with E-state index in [1.165, 1.54) is 11.1 Å². The summed E-state index contributed by atoms with van der Waals surface area (Å²) in [5.74, 6) is 0.659. The van der Waals surface area contributed by atoms with Crippen molar-refractivity contribution in [3.8, 4) is 5.75 Å². The van der Waals surface area contributed by atoms with Gasteiger partial charge in [0.2, 0.25) is 0 Å². The number of benzene rings is 2. The van der Waals surface area contributed by atoms with Crippen molar-refractivity contribution in [2.24, 2.45) is 0 Å². The minimum Gasteiger partial charge on any atom is -0.507 e. The van der Waals surface area contributed by atoms with Crippen LogP contribution in [0.3, 0.4) is 0 Å². The first-order valence-electron chi connectivity index (χ1n) is 5.98. The minimum absolute atomic E-state index is 0.317. The van der Waals surface area contributed by atoms with Gasteiger partial charge in [-0.2, -0.15) is 0 Å². The zero-order chi connectivity index (χ0) is 13.8. The van der Waals surface area contributed by atoms with E-state index in [1.54, 1.807) is 6.07 Å². The Kier molecular flexibility index (Phi) is 5.05. The van der Waals surface area contributed by atoms with E-state index in [0.29, 0.717) is 11.7 Å². The van der Waals surface area contributed by atoms with Gasteiger partial charge >= 0.3 is 0 Å². The molecule has 2 aromatic rings. The topological polar surface area (TPSA) is 20.2 Å². The van der Waals surface area contributed by atoms with Crippen molar-refractivity contribution < 1.29 is 5.11 Å². The Labute approximate surface area is 135 Å². The van der Waals surface area contributed by atoms with Gasteiger partial charge in [-0.25, -0.2) is 0 Å². The van der Waals surface area contributed by atoms with E-state index >= 15 is 0 Å². The average molecular weight is 429 g/mol. The number of allylic oxidation sites excluding steroid dienone is 1. The predicted octanol–water partition coefficient (Wildman–Crippen LogP) is 5.58. The van der Waals surface area contributed by atoms with Crippen LogP contribution in [0, 0.1) is 3.57 Å². The van der Waals surface area contributed by atoms with Crippen LogP contribution in [0.1, 0.15) is 24.0 Å². The van der Waals surface area contributed by atoms with Crippen molar-refractivity contribution in [1.82, 2.24) is 0 Å². The van der Waals surface area contributed by atoms with E-state index < -0.39 is 0 Å². The maximum atomic E-state index is 9.53. The predicted molar refractivity (Wildman–Crippen MR) is 92.4 cm³/mol. The van der Waals surface area contributed by atoms with Crippen LogP contribution in [-0.4, -0.2) is 5.11 Å². The van der Waals surface area contributed by atoms with Crippen LogP contribution in [0.2, 0.25) is 0 Å². The van der Waals surface area contributed by atoms with Gasteiger partial charge < -0.3 is 5.11 Å². The van der Waals surface area contributed by atoms with Gasteiger partial charge in [0.05, 0.1) is 3.57 Å². The molecule has 1 nitrogen and oxygen atoms in total. The molecule has 2 aromatic carbocycles. The summed E-state index contributed by atoms with van der Waals surface area (Å²) >= 11 is 5.58. The molecule has 0 aliphatic rings. The van der Waals surface area contributed by atoms with Crippen LogP contribution >= 0.6 is 38.5 Å². The molecular formula is C16H14BrIO. The summed E-state index contributed by atoms with van der Waals surface area (Å²) in [5, 5.41) is 9.53. The highest BCUT2D eigenvalue weighted by Crippen LogP contribution is 2.25. The molecule has 2 rings (SSSR count). The van der Waals surface area contributed by atoms with Crippen LogP contribution in [-0.2, 0) is 0 Å². The first-order valence-corrected chi connectivity index (χ1v) is 7.85. The molecule has 0 spiro atoms. The van der Waals surface area contributed by atoms with Crippen molar-refractivity contribution in [3.05, 3.63) is 67.7 Å². The number of aromatic hydroxyl groups is 1. The Hall–Kier alpha value is -0.810. The lowest BCUT2D eigenvalue weighted by atomic mass is 10.00. The lowest BCUT2D eigenvalue weighted by Gasteiger charge is -2.08. The summed E-state index contributed by atoms with van der Waals surface area (Å²) in [4.78, 5) is 0. The highest BCUT2D eigenvalue weighted by molar-refractivity contribution is 14.1. The fraction of sp³-hybridized carbons (Fsp3) is 0.125. The number of rotatable bonds is 3. The molecular weight excluding hydrogens is 415 g/mol. The molecule has 0 radical (unpaired) electrons. The third kappa shape index (κ3) is 4.08. The van der Waals surface area contributed by atoms with E-state index in [1.807, 2.05) is 24.3 Å². The van der Waals surface area contributed by atoms with Crippen LogP contribution in [0.15, 0.2) is 53.0 Å². The molecule has 1 atom stereocenters. The fourth-order valence-corrected chi connectivity index (χ4v) is 2.55. The highest BCUT2D eigenvalue weighted by atomic mass is 127. The van der Waals surface area contributed by atoms with Gasteiger partial charge in [-0.3, -0.25) is 0 Å². The minimum atomic E-state index is 0.317. The van der Waals surface area contributed by atoms with Gasteiger partial charge in [-0.05, 0) is 63.9 Å². The number of hydrogen-bond donors (Lipinski definition) is 1. The SMILES string of the molecule is CC(/C=C/c1ccc(Br)cc1)c1ccc(O)c(I)c1.